The van der Waals surface area contributed by atoms with Crippen molar-refractivity contribution in [2.24, 2.45) is 0 Å². The van der Waals surface area contributed by atoms with Crippen molar-refractivity contribution in [3.63, 3.8) is 0 Å². The number of benzene rings is 1. The minimum absolute atomic E-state index is 0.249. The number of unbranched alkanes of at least 4 members (excludes halogenated alkanes) is 3. The molecule has 2 fully saturated rings. The number of aliphatic hydroxyl groups excluding tert-OH is 1. The Kier molecular flexibility index (Phi) is 6.52. The monoisotopic (exact) mass is 467 g/mol. The van der Waals surface area contributed by atoms with E-state index in [9.17, 15) is 5.11 Å². The van der Waals surface area contributed by atoms with Gasteiger partial charge in [0.05, 0.1) is 29.4 Å². The molecular formula is C25H26ClN3O4. The summed E-state index contributed by atoms with van der Waals surface area (Å²) in [6.07, 6.45) is 2.83. The van der Waals surface area contributed by atoms with E-state index in [1.54, 1.807) is 6.07 Å². The zero-order valence-electron chi connectivity index (χ0n) is 18.4. The second-order valence-corrected chi connectivity index (χ2v) is 8.79. The molecule has 3 aromatic rings. The molecule has 8 heteroatoms. The fraction of sp³-hybridized carbons (Fsp3) is 0.440. The van der Waals surface area contributed by atoms with Crippen LogP contribution in [0.3, 0.4) is 0 Å². The fourth-order valence-corrected chi connectivity index (χ4v) is 4.44. The lowest BCUT2D eigenvalue weighted by molar-refractivity contribution is 0.00706. The number of hydrogen-bond donors (Lipinski definition) is 2. The van der Waals surface area contributed by atoms with Crippen LogP contribution in [0.15, 0.2) is 30.3 Å². The van der Waals surface area contributed by atoms with Gasteiger partial charge in [-0.2, -0.15) is 4.98 Å². The molecule has 2 aromatic heterocycles. The Morgan fingerprint density at radius 2 is 1.97 bits per heavy atom. The van der Waals surface area contributed by atoms with Crippen molar-refractivity contribution < 1.29 is 19.3 Å². The number of imidazole rings is 1. The van der Waals surface area contributed by atoms with Crippen LogP contribution in [-0.2, 0) is 9.47 Å². The number of aromatic amines is 1. The van der Waals surface area contributed by atoms with E-state index in [0.29, 0.717) is 34.5 Å². The highest BCUT2D eigenvalue weighted by atomic mass is 35.5. The smallest absolute Gasteiger partial charge is 0.296 e. The number of rotatable bonds is 6. The Morgan fingerprint density at radius 1 is 1.15 bits per heavy atom. The summed E-state index contributed by atoms with van der Waals surface area (Å²) >= 11 is 6.53. The van der Waals surface area contributed by atoms with Crippen molar-refractivity contribution in [2.45, 2.75) is 57.0 Å². The normalized spacial score (nSPS) is 24.0. The van der Waals surface area contributed by atoms with Gasteiger partial charge in [-0.3, -0.25) is 0 Å². The molecule has 0 bridgehead atoms. The van der Waals surface area contributed by atoms with Crippen LogP contribution in [0.25, 0.3) is 22.4 Å². The highest BCUT2D eigenvalue weighted by Gasteiger charge is 2.48. The quantitative estimate of drug-likeness (QED) is 0.419. The Morgan fingerprint density at radius 3 is 2.79 bits per heavy atom. The molecule has 2 aliphatic heterocycles. The average molecular weight is 468 g/mol. The molecule has 0 spiro atoms. The van der Waals surface area contributed by atoms with Gasteiger partial charge in [-0.25, -0.2) is 4.98 Å². The first kappa shape index (κ1) is 22.2. The van der Waals surface area contributed by atoms with Crippen molar-refractivity contribution >= 4 is 22.8 Å². The molecule has 33 heavy (non-hydrogen) atoms. The average Bonchev–Trinajstić information content (AvgIpc) is 3.50. The summed E-state index contributed by atoms with van der Waals surface area (Å²) in [6.45, 7) is 2.77. The van der Waals surface area contributed by atoms with Crippen molar-refractivity contribution in [1.29, 1.82) is 0 Å². The molecule has 4 heterocycles. The lowest BCUT2D eigenvalue weighted by Gasteiger charge is -2.15. The van der Waals surface area contributed by atoms with E-state index in [2.05, 4.69) is 33.7 Å². The van der Waals surface area contributed by atoms with E-state index in [4.69, 9.17) is 25.8 Å². The van der Waals surface area contributed by atoms with Crippen LogP contribution in [-0.4, -0.2) is 57.7 Å². The maximum atomic E-state index is 9.90. The van der Waals surface area contributed by atoms with Gasteiger partial charge < -0.3 is 24.3 Å². The summed E-state index contributed by atoms with van der Waals surface area (Å²) in [5, 5.41) is 10.4. The second kappa shape index (κ2) is 9.70. The molecule has 0 saturated carbocycles. The van der Waals surface area contributed by atoms with Gasteiger partial charge in [0.25, 0.3) is 6.01 Å². The lowest BCUT2D eigenvalue weighted by Crippen LogP contribution is -2.34. The Bertz CT molecular complexity index is 1180. The van der Waals surface area contributed by atoms with Gasteiger partial charge in [0.2, 0.25) is 0 Å². The minimum Gasteiger partial charge on any atom is -0.456 e. The summed E-state index contributed by atoms with van der Waals surface area (Å²) in [5.41, 5.74) is 3.70. The fourth-order valence-electron chi connectivity index (χ4n) is 4.18. The van der Waals surface area contributed by atoms with E-state index in [1.165, 1.54) is 12.8 Å². The zero-order valence-corrected chi connectivity index (χ0v) is 19.1. The molecule has 7 nitrogen and oxygen atoms in total. The van der Waals surface area contributed by atoms with Crippen LogP contribution in [0.1, 0.15) is 38.2 Å². The number of aromatic nitrogens is 3. The van der Waals surface area contributed by atoms with Crippen LogP contribution >= 0.6 is 11.6 Å². The molecule has 0 amide bonds. The van der Waals surface area contributed by atoms with E-state index in [1.807, 2.05) is 24.3 Å². The van der Waals surface area contributed by atoms with Gasteiger partial charge in [-0.05, 0) is 24.6 Å². The Labute approximate surface area is 197 Å². The number of nitrogens with zero attached hydrogens (tertiary/aromatic N) is 2. The first-order chi connectivity index (χ1) is 16.1. The highest BCUT2D eigenvalue weighted by molar-refractivity contribution is 6.33. The molecule has 0 radical (unpaired) electrons. The van der Waals surface area contributed by atoms with Gasteiger partial charge in [-0.1, -0.05) is 55.3 Å². The summed E-state index contributed by atoms with van der Waals surface area (Å²) in [5.74, 6) is 6.44. The highest BCUT2D eigenvalue weighted by Crippen LogP contribution is 2.32. The summed E-state index contributed by atoms with van der Waals surface area (Å²) in [6, 6.07) is 10.0. The molecule has 2 saturated heterocycles. The maximum Gasteiger partial charge on any atom is 0.296 e. The molecule has 5 rings (SSSR count). The number of fused-ring (bicyclic) bond motifs is 2. The van der Waals surface area contributed by atoms with E-state index in [-0.39, 0.29) is 24.9 Å². The molecule has 2 aliphatic rings. The molecule has 0 unspecified atom stereocenters. The van der Waals surface area contributed by atoms with Crippen LogP contribution < -0.4 is 4.74 Å². The summed E-state index contributed by atoms with van der Waals surface area (Å²) < 4.78 is 17.2. The maximum absolute atomic E-state index is 9.90. The van der Waals surface area contributed by atoms with E-state index >= 15 is 0 Å². The predicted molar refractivity (Wildman–Crippen MR) is 125 cm³/mol. The number of hydrogen-bond acceptors (Lipinski definition) is 6. The summed E-state index contributed by atoms with van der Waals surface area (Å²) in [7, 11) is 0. The third-order valence-corrected chi connectivity index (χ3v) is 6.23. The van der Waals surface area contributed by atoms with E-state index < -0.39 is 6.10 Å². The van der Waals surface area contributed by atoms with Crippen molar-refractivity contribution in [3.8, 4) is 29.1 Å². The Hall–Kier alpha value is -2.63. The number of ether oxygens (including phenoxy) is 3. The number of halogens is 1. The zero-order chi connectivity index (χ0) is 22.8. The third kappa shape index (κ3) is 4.71. The van der Waals surface area contributed by atoms with E-state index in [0.717, 1.165) is 24.0 Å². The van der Waals surface area contributed by atoms with Crippen molar-refractivity contribution in [2.75, 3.05) is 13.2 Å². The predicted octanol–water partition coefficient (Wildman–Crippen LogP) is 4.12. The topological polar surface area (TPSA) is 89.5 Å². The van der Waals surface area contributed by atoms with Gasteiger partial charge in [0, 0.05) is 17.5 Å². The molecule has 4 atom stereocenters. The molecule has 172 valence electrons. The lowest BCUT2D eigenvalue weighted by atomic mass is 10.1. The van der Waals surface area contributed by atoms with Crippen LogP contribution in [0.5, 0.6) is 6.01 Å². The van der Waals surface area contributed by atoms with Gasteiger partial charge in [0.15, 0.2) is 11.8 Å². The largest absolute Gasteiger partial charge is 0.456 e. The van der Waals surface area contributed by atoms with Gasteiger partial charge in [-0.15, -0.1) is 0 Å². The van der Waals surface area contributed by atoms with Crippen LogP contribution in [0.4, 0.5) is 0 Å². The minimum atomic E-state index is -0.624. The Balaban J connectivity index is 1.31. The number of aliphatic hydroxyl groups is 1. The molecular weight excluding hydrogens is 442 g/mol. The summed E-state index contributed by atoms with van der Waals surface area (Å²) in [4.78, 5) is 12.2. The molecule has 1 aromatic carbocycles. The number of H-pyrrole nitrogens is 1. The molecule has 0 aliphatic carbocycles. The standard InChI is InChI=1S/C25H26ClN3O4/c1-2-3-4-5-6-7-15-8-10-16(11-9-15)21-17(26)12-18-24(28-21)29-25(27-18)33-20-14-32-22-19(30)13-31-23(20)22/h8-12,19-20,22-23,30H,2-5,13-14H2,1H3,(H,27,28,29)/t19-,20-,22-,23-/m1/s1. The number of nitrogens with one attached hydrogen (secondary N) is 1. The first-order valence-corrected chi connectivity index (χ1v) is 11.7. The van der Waals surface area contributed by atoms with Gasteiger partial charge >= 0.3 is 0 Å². The first-order valence-electron chi connectivity index (χ1n) is 11.4. The molecule has 2 N–H and O–H groups in total. The van der Waals surface area contributed by atoms with Gasteiger partial charge in [0.1, 0.15) is 18.3 Å². The van der Waals surface area contributed by atoms with Crippen molar-refractivity contribution in [1.82, 2.24) is 15.0 Å². The van der Waals surface area contributed by atoms with Crippen LogP contribution in [0, 0.1) is 11.8 Å². The SMILES string of the molecule is CCCCCC#Cc1ccc(-c2nc3nc(O[C@@H]4CO[C@H]5[C@@H]4OC[C@H]5O)[nH]c3cc2Cl)cc1. The van der Waals surface area contributed by atoms with Crippen LogP contribution in [0.2, 0.25) is 5.02 Å². The second-order valence-electron chi connectivity index (χ2n) is 8.39. The van der Waals surface area contributed by atoms with Crippen molar-refractivity contribution in [3.05, 3.63) is 40.9 Å². The third-order valence-electron chi connectivity index (χ3n) is 5.95. The number of pyridine rings is 1.